The van der Waals surface area contributed by atoms with Gasteiger partial charge in [0.05, 0.1) is 11.3 Å². The number of anilines is 1. The Kier molecular flexibility index (Phi) is 4.70. The largest absolute Gasteiger partial charge is 0.478 e. The van der Waals surface area contributed by atoms with E-state index in [-0.39, 0.29) is 5.56 Å². The summed E-state index contributed by atoms with van der Waals surface area (Å²) < 4.78 is 0. The maximum Gasteiger partial charge on any atom is 0.337 e. The van der Waals surface area contributed by atoms with Gasteiger partial charge in [-0.15, -0.1) is 0 Å². The van der Waals surface area contributed by atoms with Gasteiger partial charge in [0.25, 0.3) is 0 Å². The van der Waals surface area contributed by atoms with Crippen LogP contribution in [0.1, 0.15) is 43.2 Å². The zero-order valence-corrected chi connectivity index (χ0v) is 11.8. The summed E-state index contributed by atoms with van der Waals surface area (Å²) in [7, 11) is 2.00. The minimum absolute atomic E-state index is 0.267. The summed E-state index contributed by atoms with van der Waals surface area (Å²) in [6.45, 7) is 8.27. The van der Waals surface area contributed by atoms with Gasteiger partial charge in [0.2, 0.25) is 0 Å². The Labute approximate surface area is 109 Å². The molecule has 1 rings (SSSR count). The van der Waals surface area contributed by atoms with Crippen LogP contribution in [0.3, 0.4) is 0 Å². The van der Waals surface area contributed by atoms with Crippen molar-refractivity contribution in [2.75, 3.05) is 11.9 Å². The molecule has 0 aliphatic carbocycles. The van der Waals surface area contributed by atoms with Crippen LogP contribution in [0.5, 0.6) is 0 Å². The van der Waals surface area contributed by atoms with Gasteiger partial charge in [0.1, 0.15) is 5.82 Å². The molecule has 0 radical (unpaired) electrons. The zero-order chi connectivity index (χ0) is 13.9. The lowest BCUT2D eigenvalue weighted by molar-refractivity contribution is 0.0695. The van der Waals surface area contributed by atoms with Gasteiger partial charge in [-0.25, -0.2) is 9.78 Å². The second-order valence-corrected chi connectivity index (χ2v) is 5.20. The van der Waals surface area contributed by atoms with Gasteiger partial charge >= 0.3 is 5.97 Å². The maximum atomic E-state index is 10.9. The number of hydrogen-bond donors (Lipinski definition) is 1. The van der Waals surface area contributed by atoms with Gasteiger partial charge in [0.15, 0.2) is 0 Å². The molecule has 0 amide bonds. The first-order valence-corrected chi connectivity index (χ1v) is 6.26. The van der Waals surface area contributed by atoms with E-state index in [9.17, 15) is 4.79 Å². The summed E-state index contributed by atoms with van der Waals surface area (Å²) in [5, 5.41) is 8.97. The fourth-order valence-electron chi connectivity index (χ4n) is 2.04. The topological polar surface area (TPSA) is 53.4 Å². The molecule has 1 N–H and O–H groups in total. The number of carbonyl (C=O) groups is 1. The summed E-state index contributed by atoms with van der Waals surface area (Å²) in [6.07, 6.45) is 1.08. The summed E-state index contributed by atoms with van der Waals surface area (Å²) >= 11 is 0. The molecule has 0 aliphatic rings. The third-order valence-electron chi connectivity index (χ3n) is 3.14. The molecule has 1 aromatic rings. The Bertz CT molecular complexity index is 430. The Hall–Kier alpha value is -1.58. The van der Waals surface area contributed by atoms with Gasteiger partial charge in [-0.3, -0.25) is 0 Å². The van der Waals surface area contributed by atoms with Gasteiger partial charge in [-0.1, -0.05) is 13.8 Å². The van der Waals surface area contributed by atoms with Crippen LogP contribution in [0.2, 0.25) is 0 Å². The first kappa shape index (κ1) is 14.5. The lowest BCUT2D eigenvalue weighted by Crippen LogP contribution is -2.31. The third-order valence-corrected chi connectivity index (χ3v) is 3.14. The maximum absolute atomic E-state index is 10.9. The molecule has 1 aromatic heterocycles. The van der Waals surface area contributed by atoms with Crippen molar-refractivity contribution in [1.29, 1.82) is 0 Å². The van der Waals surface area contributed by atoms with Gasteiger partial charge in [0, 0.05) is 13.1 Å². The number of carboxylic acid groups (broad SMARTS) is 1. The first-order valence-electron chi connectivity index (χ1n) is 6.26. The highest BCUT2D eigenvalue weighted by Crippen LogP contribution is 2.19. The van der Waals surface area contributed by atoms with Crippen LogP contribution in [0.25, 0.3) is 0 Å². The smallest absolute Gasteiger partial charge is 0.337 e. The monoisotopic (exact) mass is 250 g/mol. The lowest BCUT2D eigenvalue weighted by Gasteiger charge is -2.27. The Morgan fingerprint density at radius 2 is 2.00 bits per heavy atom. The van der Waals surface area contributed by atoms with E-state index in [1.54, 1.807) is 19.1 Å². The van der Waals surface area contributed by atoms with E-state index in [1.165, 1.54) is 0 Å². The number of hydrogen-bond acceptors (Lipinski definition) is 3. The minimum Gasteiger partial charge on any atom is -0.478 e. The first-order chi connectivity index (χ1) is 8.32. The molecule has 0 fully saturated rings. The van der Waals surface area contributed by atoms with Crippen LogP contribution in [0.15, 0.2) is 12.1 Å². The Morgan fingerprint density at radius 3 is 2.44 bits per heavy atom. The van der Waals surface area contributed by atoms with Crippen molar-refractivity contribution in [2.24, 2.45) is 5.92 Å². The van der Waals surface area contributed by atoms with Crippen molar-refractivity contribution in [3.05, 3.63) is 23.4 Å². The summed E-state index contributed by atoms with van der Waals surface area (Å²) in [4.78, 5) is 17.4. The molecule has 0 aromatic carbocycles. The standard InChI is InChI=1S/C14H22N2O2/c1-9(2)8-10(3)16(5)13-7-6-12(14(17)18)11(4)15-13/h6-7,9-10H,8H2,1-5H3,(H,17,18). The van der Waals surface area contributed by atoms with Crippen molar-refractivity contribution in [2.45, 2.75) is 40.2 Å². The van der Waals surface area contributed by atoms with E-state index >= 15 is 0 Å². The van der Waals surface area contributed by atoms with Crippen LogP contribution in [0, 0.1) is 12.8 Å². The molecular weight excluding hydrogens is 228 g/mol. The lowest BCUT2D eigenvalue weighted by atomic mass is 10.0. The molecule has 0 spiro atoms. The Morgan fingerprint density at radius 1 is 1.39 bits per heavy atom. The van der Waals surface area contributed by atoms with E-state index in [0.717, 1.165) is 12.2 Å². The van der Waals surface area contributed by atoms with Crippen LogP contribution in [-0.2, 0) is 0 Å². The molecule has 18 heavy (non-hydrogen) atoms. The molecule has 4 heteroatoms. The second kappa shape index (κ2) is 5.85. The van der Waals surface area contributed by atoms with E-state index in [1.807, 2.05) is 7.05 Å². The average Bonchev–Trinajstić information content (AvgIpc) is 2.26. The van der Waals surface area contributed by atoms with Crippen molar-refractivity contribution in [3.63, 3.8) is 0 Å². The van der Waals surface area contributed by atoms with Crippen LogP contribution in [0.4, 0.5) is 5.82 Å². The molecule has 4 nitrogen and oxygen atoms in total. The van der Waals surface area contributed by atoms with E-state index in [4.69, 9.17) is 5.11 Å². The molecule has 0 aliphatic heterocycles. The molecule has 0 bridgehead atoms. The molecule has 100 valence electrons. The van der Waals surface area contributed by atoms with Gasteiger partial charge in [-0.2, -0.15) is 0 Å². The molecular formula is C14H22N2O2. The minimum atomic E-state index is -0.926. The molecule has 1 heterocycles. The molecule has 0 saturated carbocycles. The van der Waals surface area contributed by atoms with Crippen LogP contribution < -0.4 is 4.90 Å². The van der Waals surface area contributed by atoms with Crippen LogP contribution in [-0.4, -0.2) is 29.1 Å². The molecule has 1 unspecified atom stereocenters. The second-order valence-electron chi connectivity index (χ2n) is 5.20. The van der Waals surface area contributed by atoms with Crippen molar-refractivity contribution in [1.82, 2.24) is 4.98 Å². The average molecular weight is 250 g/mol. The highest BCUT2D eigenvalue weighted by atomic mass is 16.4. The van der Waals surface area contributed by atoms with Crippen molar-refractivity contribution >= 4 is 11.8 Å². The number of aryl methyl sites for hydroxylation is 1. The van der Waals surface area contributed by atoms with Crippen molar-refractivity contribution < 1.29 is 9.90 Å². The van der Waals surface area contributed by atoms with E-state index < -0.39 is 5.97 Å². The summed E-state index contributed by atoms with van der Waals surface area (Å²) in [5.41, 5.74) is 0.826. The van der Waals surface area contributed by atoms with E-state index in [0.29, 0.717) is 17.7 Å². The summed E-state index contributed by atoms with van der Waals surface area (Å²) in [5.74, 6) is 0.525. The van der Waals surface area contributed by atoms with Gasteiger partial charge in [-0.05, 0) is 38.3 Å². The molecule has 0 saturated heterocycles. The predicted octanol–water partition coefficient (Wildman–Crippen LogP) is 2.96. The quantitative estimate of drug-likeness (QED) is 0.873. The normalized spacial score (nSPS) is 12.6. The third kappa shape index (κ3) is 3.45. The number of nitrogens with zero attached hydrogens (tertiary/aromatic N) is 2. The van der Waals surface area contributed by atoms with Crippen molar-refractivity contribution in [3.8, 4) is 0 Å². The number of pyridine rings is 1. The highest BCUT2D eigenvalue weighted by Gasteiger charge is 2.15. The fourth-order valence-corrected chi connectivity index (χ4v) is 2.04. The number of aromatic nitrogens is 1. The number of carboxylic acids is 1. The van der Waals surface area contributed by atoms with Crippen LogP contribution >= 0.6 is 0 Å². The SMILES string of the molecule is Cc1nc(N(C)C(C)CC(C)C)ccc1C(=O)O. The number of rotatable bonds is 5. The Balaban J connectivity index is 2.90. The fraction of sp³-hybridized carbons (Fsp3) is 0.571. The summed E-state index contributed by atoms with van der Waals surface area (Å²) in [6, 6.07) is 3.78. The van der Waals surface area contributed by atoms with E-state index in [2.05, 4.69) is 30.7 Å². The highest BCUT2D eigenvalue weighted by molar-refractivity contribution is 5.89. The molecule has 1 atom stereocenters. The zero-order valence-electron chi connectivity index (χ0n) is 11.8. The predicted molar refractivity (Wildman–Crippen MR) is 73.3 cm³/mol. The number of aromatic carboxylic acids is 1. The van der Waals surface area contributed by atoms with Gasteiger partial charge < -0.3 is 10.0 Å².